The molecule has 0 aliphatic carbocycles. The zero-order valence-corrected chi connectivity index (χ0v) is 10.5. The van der Waals surface area contributed by atoms with Gasteiger partial charge in [0, 0.05) is 7.05 Å². The van der Waals surface area contributed by atoms with Gasteiger partial charge < -0.3 is 4.84 Å². The monoisotopic (exact) mass is 240 g/mol. The van der Waals surface area contributed by atoms with E-state index in [-0.39, 0.29) is 12.3 Å². The fourth-order valence-corrected chi connectivity index (χ4v) is 1.22. The Kier molecular flexibility index (Phi) is 7.34. The largest absolute Gasteiger partial charge is 0.345 e. The van der Waals surface area contributed by atoms with E-state index < -0.39 is 5.82 Å². The summed E-state index contributed by atoms with van der Waals surface area (Å²) in [6.07, 6.45) is 0. The zero-order valence-electron chi connectivity index (χ0n) is 10.5. The third-order valence-corrected chi connectivity index (χ3v) is 1.89. The second kappa shape index (κ2) is 8.27. The fraction of sp³-hybridized carbons (Fsp3) is 0.333. The van der Waals surface area contributed by atoms with E-state index in [9.17, 15) is 9.18 Å². The Morgan fingerprint density at radius 2 is 2.12 bits per heavy atom. The SMILES string of the molecule is CC.CN=C(NOC=O)c1c(C)cccc1F. The van der Waals surface area contributed by atoms with E-state index in [1.54, 1.807) is 19.1 Å². The quantitative estimate of drug-likeness (QED) is 0.381. The summed E-state index contributed by atoms with van der Waals surface area (Å²) in [5.74, 6) is -0.240. The van der Waals surface area contributed by atoms with Gasteiger partial charge in [-0.2, -0.15) is 0 Å². The summed E-state index contributed by atoms with van der Waals surface area (Å²) in [7, 11) is 1.47. The first-order valence-electron chi connectivity index (χ1n) is 5.28. The van der Waals surface area contributed by atoms with E-state index in [4.69, 9.17) is 0 Å². The standard InChI is InChI=1S/C10H11FN2O2.C2H6/c1-7-4-3-5-8(11)9(7)10(12-2)13-15-6-14;1-2/h3-6H,1-2H3,(H,12,13);1-2H3. The molecule has 0 radical (unpaired) electrons. The van der Waals surface area contributed by atoms with Crippen LogP contribution in [0.5, 0.6) is 0 Å². The average molecular weight is 240 g/mol. The van der Waals surface area contributed by atoms with Crippen molar-refractivity contribution in [2.24, 2.45) is 4.99 Å². The molecule has 0 heterocycles. The Morgan fingerprint density at radius 1 is 1.47 bits per heavy atom. The lowest BCUT2D eigenvalue weighted by atomic mass is 10.1. The highest BCUT2D eigenvalue weighted by molar-refractivity contribution is 5.99. The molecule has 0 bridgehead atoms. The van der Waals surface area contributed by atoms with Crippen LogP contribution in [0.2, 0.25) is 0 Å². The van der Waals surface area contributed by atoms with Crippen molar-refractivity contribution in [2.45, 2.75) is 20.8 Å². The van der Waals surface area contributed by atoms with Gasteiger partial charge in [0.2, 0.25) is 0 Å². The zero-order chi connectivity index (χ0) is 13.3. The maximum absolute atomic E-state index is 13.5. The molecule has 0 aromatic heterocycles. The Morgan fingerprint density at radius 3 is 2.59 bits per heavy atom. The van der Waals surface area contributed by atoms with Crippen molar-refractivity contribution in [3.8, 4) is 0 Å². The van der Waals surface area contributed by atoms with Gasteiger partial charge in [0.05, 0.1) is 5.56 Å². The molecule has 0 atom stereocenters. The lowest BCUT2D eigenvalue weighted by Gasteiger charge is -2.09. The minimum Gasteiger partial charge on any atom is -0.345 e. The van der Waals surface area contributed by atoms with Gasteiger partial charge in [0.15, 0.2) is 5.84 Å². The number of aryl methyl sites for hydroxylation is 1. The number of hydrogen-bond acceptors (Lipinski definition) is 3. The van der Waals surface area contributed by atoms with Crippen LogP contribution in [0, 0.1) is 12.7 Å². The van der Waals surface area contributed by atoms with E-state index in [0.29, 0.717) is 11.1 Å². The number of nitrogens with zero attached hydrogens (tertiary/aromatic N) is 1. The molecule has 0 saturated heterocycles. The molecule has 1 N–H and O–H groups in total. The molecular formula is C12H17FN2O2. The molecule has 0 spiro atoms. The molecule has 1 aromatic carbocycles. The molecule has 4 nitrogen and oxygen atoms in total. The first-order chi connectivity index (χ1) is 8.20. The van der Waals surface area contributed by atoms with Crippen LogP contribution in [0.3, 0.4) is 0 Å². The molecule has 5 heteroatoms. The summed E-state index contributed by atoms with van der Waals surface area (Å²) in [6.45, 7) is 5.95. The van der Waals surface area contributed by atoms with Crippen molar-refractivity contribution in [2.75, 3.05) is 7.05 Å². The van der Waals surface area contributed by atoms with Gasteiger partial charge in [0.25, 0.3) is 0 Å². The second-order valence-corrected chi connectivity index (χ2v) is 2.82. The summed E-state index contributed by atoms with van der Waals surface area (Å²) >= 11 is 0. The molecule has 0 unspecified atom stereocenters. The van der Waals surface area contributed by atoms with Crippen LogP contribution >= 0.6 is 0 Å². The number of carbonyl (C=O) groups is 1. The van der Waals surface area contributed by atoms with E-state index >= 15 is 0 Å². The molecular weight excluding hydrogens is 223 g/mol. The minimum absolute atomic E-state index is 0.178. The van der Waals surface area contributed by atoms with Gasteiger partial charge >= 0.3 is 6.47 Å². The van der Waals surface area contributed by atoms with Gasteiger partial charge in [-0.1, -0.05) is 26.0 Å². The highest BCUT2D eigenvalue weighted by atomic mass is 19.1. The number of hydrogen-bond donors (Lipinski definition) is 1. The number of amidine groups is 1. The van der Waals surface area contributed by atoms with Crippen molar-refractivity contribution in [3.05, 3.63) is 35.1 Å². The number of nitrogens with one attached hydrogen (secondary N) is 1. The predicted molar refractivity (Wildman–Crippen MR) is 65.2 cm³/mol. The number of halogens is 1. The van der Waals surface area contributed by atoms with Gasteiger partial charge in [0.1, 0.15) is 5.82 Å². The molecule has 17 heavy (non-hydrogen) atoms. The van der Waals surface area contributed by atoms with E-state index in [1.165, 1.54) is 13.1 Å². The maximum Gasteiger partial charge on any atom is 0.320 e. The highest BCUT2D eigenvalue weighted by Crippen LogP contribution is 2.12. The number of benzene rings is 1. The van der Waals surface area contributed by atoms with Crippen LogP contribution in [-0.2, 0) is 9.63 Å². The Bertz CT molecular complexity index is 372. The molecule has 0 fully saturated rings. The Balaban J connectivity index is 0.00000121. The highest BCUT2D eigenvalue weighted by Gasteiger charge is 2.11. The van der Waals surface area contributed by atoms with Gasteiger partial charge in [-0.3, -0.25) is 9.79 Å². The Hall–Kier alpha value is -1.91. The van der Waals surface area contributed by atoms with Crippen molar-refractivity contribution >= 4 is 12.3 Å². The lowest BCUT2D eigenvalue weighted by molar-refractivity contribution is -0.132. The minimum atomic E-state index is -0.419. The first-order valence-corrected chi connectivity index (χ1v) is 5.28. The maximum atomic E-state index is 13.5. The molecule has 0 aliphatic heterocycles. The summed E-state index contributed by atoms with van der Waals surface area (Å²) in [5.41, 5.74) is 3.26. The average Bonchev–Trinajstić information content (AvgIpc) is 2.35. The van der Waals surface area contributed by atoms with Crippen LogP contribution in [0.25, 0.3) is 0 Å². The topological polar surface area (TPSA) is 50.7 Å². The molecule has 94 valence electrons. The van der Waals surface area contributed by atoms with Crippen molar-refractivity contribution < 1.29 is 14.0 Å². The number of hydroxylamine groups is 1. The third-order valence-electron chi connectivity index (χ3n) is 1.89. The molecule has 0 saturated carbocycles. The van der Waals surface area contributed by atoms with Gasteiger partial charge in [-0.25, -0.2) is 9.87 Å². The molecule has 1 rings (SSSR count). The lowest BCUT2D eigenvalue weighted by Crippen LogP contribution is -2.26. The Labute approximate surface area is 100 Å². The smallest absolute Gasteiger partial charge is 0.320 e. The number of aliphatic imine (C=N–C) groups is 1. The van der Waals surface area contributed by atoms with Crippen molar-refractivity contribution in [1.82, 2.24) is 5.48 Å². The first kappa shape index (κ1) is 15.1. The normalized spacial score (nSPS) is 10.1. The summed E-state index contributed by atoms with van der Waals surface area (Å²) in [6, 6.07) is 4.66. The molecule has 0 aliphatic rings. The molecule has 0 amide bonds. The summed E-state index contributed by atoms with van der Waals surface area (Å²) in [4.78, 5) is 18.1. The molecule has 1 aromatic rings. The van der Waals surface area contributed by atoms with Gasteiger partial charge in [-0.05, 0) is 18.6 Å². The van der Waals surface area contributed by atoms with E-state index in [1.807, 2.05) is 13.8 Å². The van der Waals surface area contributed by atoms with Crippen LogP contribution < -0.4 is 5.48 Å². The van der Waals surface area contributed by atoms with Crippen molar-refractivity contribution in [3.63, 3.8) is 0 Å². The van der Waals surface area contributed by atoms with Crippen LogP contribution in [0.1, 0.15) is 25.0 Å². The van der Waals surface area contributed by atoms with Crippen LogP contribution in [-0.4, -0.2) is 19.4 Å². The summed E-state index contributed by atoms with van der Waals surface area (Å²) in [5, 5.41) is 0. The number of carbonyl (C=O) groups excluding carboxylic acids is 1. The van der Waals surface area contributed by atoms with Crippen molar-refractivity contribution in [1.29, 1.82) is 0 Å². The van der Waals surface area contributed by atoms with E-state index in [0.717, 1.165) is 0 Å². The predicted octanol–water partition coefficient (Wildman–Crippen LogP) is 2.21. The van der Waals surface area contributed by atoms with Crippen LogP contribution in [0.15, 0.2) is 23.2 Å². The third kappa shape index (κ3) is 4.22. The fourth-order valence-electron chi connectivity index (χ4n) is 1.22. The summed E-state index contributed by atoms with van der Waals surface area (Å²) < 4.78 is 13.5. The number of rotatable bonds is 3. The van der Waals surface area contributed by atoms with Gasteiger partial charge in [-0.15, -0.1) is 0 Å². The second-order valence-electron chi connectivity index (χ2n) is 2.82. The van der Waals surface area contributed by atoms with E-state index in [2.05, 4.69) is 15.3 Å². The van der Waals surface area contributed by atoms with Crippen LogP contribution in [0.4, 0.5) is 4.39 Å².